The third-order valence-electron chi connectivity index (χ3n) is 4.47. The van der Waals surface area contributed by atoms with Crippen LogP contribution in [-0.4, -0.2) is 23.7 Å². The first-order valence-electron chi connectivity index (χ1n) is 10.1. The summed E-state index contributed by atoms with van der Waals surface area (Å²) in [6.07, 6.45) is 1.76. The second-order valence-electron chi connectivity index (χ2n) is 6.93. The quantitative estimate of drug-likeness (QED) is 0.233. The van der Waals surface area contributed by atoms with Crippen molar-refractivity contribution in [1.29, 1.82) is 0 Å². The molecule has 170 valence electrons. The third-order valence-corrected chi connectivity index (χ3v) is 5.06. The lowest BCUT2D eigenvalue weighted by atomic mass is 10.1. The summed E-state index contributed by atoms with van der Waals surface area (Å²) in [6, 6.07) is 19.1. The fraction of sp³-hybridized carbons (Fsp3) is 0.167. The van der Waals surface area contributed by atoms with Crippen LogP contribution in [0.1, 0.15) is 23.6 Å². The van der Waals surface area contributed by atoms with E-state index in [4.69, 9.17) is 9.47 Å². The number of amides is 1. The molecule has 0 unspecified atom stereocenters. The lowest BCUT2D eigenvalue weighted by Gasteiger charge is -2.14. The van der Waals surface area contributed by atoms with Crippen molar-refractivity contribution < 1.29 is 19.2 Å². The largest absolute Gasteiger partial charge is 0.490 e. The average molecular weight is 512 g/mol. The number of nitrogens with zero attached hydrogens (tertiary/aromatic N) is 2. The molecule has 3 aromatic rings. The zero-order chi connectivity index (χ0) is 23.6. The van der Waals surface area contributed by atoms with Crippen LogP contribution in [0.2, 0.25) is 0 Å². The number of halogens is 1. The molecule has 0 aromatic heterocycles. The van der Waals surface area contributed by atoms with E-state index in [1.807, 2.05) is 37.3 Å². The SMILES string of the molecule is CCOc1cc(/C=N/NC(=O)Cc2ccccc2)cc(Br)c1OCc1ccc([N+](=O)[O-])cc1. The molecule has 1 N–H and O–H groups in total. The summed E-state index contributed by atoms with van der Waals surface area (Å²) < 4.78 is 12.3. The maximum absolute atomic E-state index is 12.1. The van der Waals surface area contributed by atoms with E-state index in [0.717, 1.165) is 11.1 Å². The molecule has 0 saturated carbocycles. The smallest absolute Gasteiger partial charge is 0.269 e. The number of hydrazone groups is 1. The minimum atomic E-state index is -0.446. The van der Waals surface area contributed by atoms with Gasteiger partial charge in [-0.2, -0.15) is 5.10 Å². The summed E-state index contributed by atoms with van der Waals surface area (Å²) >= 11 is 3.49. The van der Waals surface area contributed by atoms with Crippen LogP contribution in [0.15, 0.2) is 76.3 Å². The van der Waals surface area contributed by atoms with Crippen LogP contribution < -0.4 is 14.9 Å². The van der Waals surface area contributed by atoms with Crippen molar-refractivity contribution in [2.24, 2.45) is 5.10 Å². The van der Waals surface area contributed by atoms with Crippen molar-refractivity contribution in [3.8, 4) is 11.5 Å². The van der Waals surface area contributed by atoms with Gasteiger partial charge in [0.2, 0.25) is 5.91 Å². The molecule has 0 bridgehead atoms. The maximum atomic E-state index is 12.1. The van der Waals surface area contributed by atoms with Gasteiger partial charge in [-0.25, -0.2) is 5.43 Å². The van der Waals surface area contributed by atoms with Crippen LogP contribution in [0, 0.1) is 10.1 Å². The molecule has 33 heavy (non-hydrogen) atoms. The minimum Gasteiger partial charge on any atom is -0.490 e. The molecular formula is C24H22BrN3O5. The highest BCUT2D eigenvalue weighted by Gasteiger charge is 2.13. The van der Waals surface area contributed by atoms with Crippen LogP contribution >= 0.6 is 15.9 Å². The third kappa shape index (κ3) is 7.15. The molecule has 1 amide bonds. The highest BCUT2D eigenvalue weighted by molar-refractivity contribution is 9.10. The summed E-state index contributed by atoms with van der Waals surface area (Å²) in [4.78, 5) is 22.4. The van der Waals surface area contributed by atoms with E-state index in [9.17, 15) is 14.9 Å². The van der Waals surface area contributed by atoms with E-state index in [-0.39, 0.29) is 24.6 Å². The molecule has 0 spiro atoms. The number of non-ortho nitro benzene ring substituents is 1. The molecule has 0 fully saturated rings. The van der Waals surface area contributed by atoms with Gasteiger partial charge in [-0.3, -0.25) is 14.9 Å². The molecule has 0 aliphatic heterocycles. The number of nitro groups is 1. The van der Waals surface area contributed by atoms with E-state index in [2.05, 4.69) is 26.5 Å². The molecule has 0 saturated heterocycles. The predicted octanol–water partition coefficient (Wildman–Crippen LogP) is 5.03. The first-order chi connectivity index (χ1) is 16.0. The van der Waals surface area contributed by atoms with Crippen LogP contribution in [0.5, 0.6) is 11.5 Å². The lowest BCUT2D eigenvalue weighted by molar-refractivity contribution is -0.384. The van der Waals surface area contributed by atoms with Gasteiger partial charge in [0.05, 0.1) is 28.6 Å². The average Bonchev–Trinajstić information content (AvgIpc) is 2.79. The zero-order valence-corrected chi connectivity index (χ0v) is 19.4. The maximum Gasteiger partial charge on any atom is 0.269 e. The molecule has 0 atom stereocenters. The number of rotatable bonds is 10. The van der Waals surface area contributed by atoms with Crippen LogP contribution in [0.25, 0.3) is 0 Å². The monoisotopic (exact) mass is 511 g/mol. The molecule has 3 rings (SSSR count). The van der Waals surface area contributed by atoms with E-state index < -0.39 is 4.92 Å². The Morgan fingerprint density at radius 3 is 2.48 bits per heavy atom. The number of hydrogen-bond acceptors (Lipinski definition) is 6. The van der Waals surface area contributed by atoms with Crippen molar-refractivity contribution in [2.75, 3.05) is 6.61 Å². The predicted molar refractivity (Wildman–Crippen MR) is 129 cm³/mol. The Morgan fingerprint density at radius 2 is 1.82 bits per heavy atom. The Hall–Kier alpha value is -3.72. The Morgan fingerprint density at radius 1 is 1.09 bits per heavy atom. The van der Waals surface area contributed by atoms with Crippen LogP contribution in [0.4, 0.5) is 5.69 Å². The minimum absolute atomic E-state index is 0.0226. The zero-order valence-electron chi connectivity index (χ0n) is 17.9. The first-order valence-corrected chi connectivity index (χ1v) is 10.9. The van der Waals surface area contributed by atoms with Gasteiger partial charge in [-0.05, 0) is 63.8 Å². The summed E-state index contributed by atoms with van der Waals surface area (Å²) in [5.74, 6) is 0.788. The number of benzene rings is 3. The summed E-state index contributed by atoms with van der Waals surface area (Å²) in [6.45, 7) is 2.49. The van der Waals surface area contributed by atoms with Gasteiger partial charge in [0.25, 0.3) is 5.69 Å². The first kappa shape index (κ1) is 23.9. The number of nitro benzene ring substituents is 1. The topological polar surface area (TPSA) is 103 Å². The molecule has 0 aliphatic rings. The molecule has 0 heterocycles. The summed E-state index contributed by atoms with van der Waals surface area (Å²) in [5, 5.41) is 14.8. The fourth-order valence-corrected chi connectivity index (χ4v) is 3.51. The fourth-order valence-electron chi connectivity index (χ4n) is 2.93. The van der Waals surface area contributed by atoms with Gasteiger partial charge in [0, 0.05) is 12.1 Å². The van der Waals surface area contributed by atoms with Crippen molar-refractivity contribution in [2.45, 2.75) is 20.0 Å². The highest BCUT2D eigenvalue weighted by atomic mass is 79.9. The van der Waals surface area contributed by atoms with Gasteiger partial charge < -0.3 is 9.47 Å². The Balaban J connectivity index is 1.66. The van der Waals surface area contributed by atoms with E-state index in [0.29, 0.717) is 28.1 Å². The van der Waals surface area contributed by atoms with Gasteiger partial charge in [0.1, 0.15) is 6.61 Å². The molecular weight excluding hydrogens is 490 g/mol. The van der Waals surface area contributed by atoms with E-state index >= 15 is 0 Å². The molecule has 3 aromatic carbocycles. The van der Waals surface area contributed by atoms with E-state index in [1.54, 1.807) is 24.3 Å². The highest BCUT2D eigenvalue weighted by Crippen LogP contribution is 2.37. The number of nitrogens with one attached hydrogen (secondary N) is 1. The van der Waals surface area contributed by atoms with Gasteiger partial charge in [-0.15, -0.1) is 0 Å². The molecule has 0 radical (unpaired) electrons. The Bertz CT molecular complexity index is 1130. The van der Waals surface area contributed by atoms with Gasteiger partial charge >= 0.3 is 0 Å². The molecule has 9 heteroatoms. The Labute approximate surface area is 199 Å². The summed E-state index contributed by atoms with van der Waals surface area (Å²) in [5.41, 5.74) is 4.93. The van der Waals surface area contributed by atoms with Crippen LogP contribution in [0.3, 0.4) is 0 Å². The molecule has 0 aliphatic carbocycles. The standard InChI is InChI=1S/C24H22BrN3O5/c1-2-32-22-13-19(15-26-27-23(29)14-17-6-4-3-5-7-17)12-21(25)24(22)33-16-18-8-10-20(11-9-18)28(30)31/h3-13,15H,2,14,16H2,1H3,(H,27,29)/b26-15+. The van der Waals surface area contributed by atoms with Crippen molar-refractivity contribution in [3.05, 3.63) is 98.0 Å². The van der Waals surface area contributed by atoms with Crippen molar-refractivity contribution >= 4 is 33.7 Å². The molecule has 8 nitrogen and oxygen atoms in total. The number of hydrogen-bond donors (Lipinski definition) is 1. The van der Waals surface area contributed by atoms with Gasteiger partial charge in [0.15, 0.2) is 11.5 Å². The summed E-state index contributed by atoms with van der Waals surface area (Å²) in [7, 11) is 0. The number of ether oxygens (including phenoxy) is 2. The van der Waals surface area contributed by atoms with Crippen LogP contribution in [-0.2, 0) is 17.8 Å². The number of carbonyl (C=O) groups excluding carboxylic acids is 1. The lowest BCUT2D eigenvalue weighted by Crippen LogP contribution is -2.19. The van der Waals surface area contributed by atoms with Crippen molar-refractivity contribution in [1.82, 2.24) is 5.43 Å². The second-order valence-corrected chi connectivity index (χ2v) is 7.79. The van der Waals surface area contributed by atoms with E-state index in [1.165, 1.54) is 18.3 Å². The van der Waals surface area contributed by atoms with Crippen molar-refractivity contribution in [3.63, 3.8) is 0 Å². The normalized spacial score (nSPS) is 10.7. The second kappa shape index (κ2) is 11.8. The Kier molecular flexibility index (Phi) is 8.54. The van der Waals surface area contributed by atoms with Gasteiger partial charge in [-0.1, -0.05) is 30.3 Å². The number of carbonyl (C=O) groups is 1.